The molecule has 6 nitrogen and oxygen atoms in total. The van der Waals surface area contributed by atoms with Crippen LogP contribution in [0.15, 0.2) is 48.5 Å². The number of hydrogen-bond donors (Lipinski definition) is 4. The van der Waals surface area contributed by atoms with Gasteiger partial charge in [0.1, 0.15) is 0 Å². The van der Waals surface area contributed by atoms with Gasteiger partial charge in [-0.25, -0.2) is 9.59 Å². The third kappa shape index (κ3) is 4.41. The Bertz CT molecular complexity index is 634. The lowest BCUT2D eigenvalue weighted by Crippen LogP contribution is -2.09. The van der Waals surface area contributed by atoms with Crippen LogP contribution in [0.1, 0.15) is 20.7 Å². The molecule has 22 heavy (non-hydrogen) atoms. The second kappa shape index (κ2) is 8.56. The van der Waals surface area contributed by atoms with Crippen molar-refractivity contribution in [2.24, 2.45) is 0 Å². The van der Waals surface area contributed by atoms with Gasteiger partial charge in [0, 0.05) is 0 Å². The molecule has 0 aromatic heterocycles. The molecule has 0 saturated carbocycles. The molecule has 6 heteroatoms. The Morgan fingerprint density at radius 2 is 1.36 bits per heavy atom. The fourth-order valence-corrected chi connectivity index (χ4v) is 1.82. The lowest BCUT2D eigenvalue weighted by molar-refractivity contribution is 0.0652. The van der Waals surface area contributed by atoms with Gasteiger partial charge in [0.05, 0.1) is 24.3 Å². The van der Waals surface area contributed by atoms with Gasteiger partial charge in [-0.1, -0.05) is 42.5 Å². The van der Waals surface area contributed by atoms with Gasteiger partial charge < -0.3 is 20.4 Å². The van der Waals surface area contributed by atoms with Gasteiger partial charge in [-0.05, 0) is 17.2 Å². The van der Waals surface area contributed by atoms with Gasteiger partial charge in [0.25, 0.3) is 0 Å². The van der Waals surface area contributed by atoms with Crippen molar-refractivity contribution < 1.29 is 30.0 Å². The SMILES string of the molecule is O=C(O)c1cccc(-c2ccccc2)c1C(=O)O.OCCO. The molecule has 0 atom stereocenters. The van der Waals surface area contributed by atoms with Gasteiger partial charge in [-0.2, -0.15) is 0 Å². The summed E-state index contributed by atoms with van der Waals surface area (Å²) in [6.07, 6.45) is 0. The Labute approximate surface area is 126 Å². The van der Waals surface area contributed by atoms with Crippen molar-refractivity contribution in [3.05, 3.63) is 59.7 Å². The van der Waals surface area contributed by atoms with Crippen LogP contribution in [0.5, 0.6) is 0 Å². The van der Waals surface area contributed by atoms with E-state index in [4.69, 9.17) is 15.3 Å². The summed E-state index contributed by atoms with van der Waals surface area (Å²) in [5.41, 5.74) is 0.695. The van der Waals surface area contributed by atoms with E-state index in [1.807, 2.05) is 6.07 Å². The van der Waals surface area contributed by atoms with Crippen LogP contribution in [0.3, 0.4) is 0 Å². The number of carboxylic acids is 2. The van der Waals surface area contributed by atoms with E-state index in [1.54, 1.807) is 30.3 Å². The number of aliphatic hydroxyl groups excluding tert-OH is 2. The standard InChI is InChI=1S/C14H10O4.C2H6O2/c15-13(16)11-8-4-7-10(12(11)14(17)18)9-5-2-1-3-6-9;3-1-2-4/h1-8H,(H,15,16)(H,17,18);3-4H,1-2H2. The Morgan fingerprint density at radius 3 is 1.82 bits per heavy atom. The minimum atomic E-state index is -1.25. The molecule has 0 saturated heterocycles. The van der Waals surface area contributed by atoms with E-state index in [-0.39, 0.29) is 24.3 Å². The number of rotatable bonds is 4. The lowest BCUT2D eigenvalue weighted by Gasteiger charge is -2.08. The second-order valence-electron chi connectivity index (χ2n) is 4.15. The number of carbonyl (C=O) groups is 2. The highest BCUT2D eigenvalue weighted by Crippen LogP contribution is 2.26. The van der Waals surface area contributed by atoms with Gasteiger partial charge in [0.2, 0.25) is 0 Å². The summed E-state index contributed by atoms with van der Waals surface area (Å²) in [5, 5.41) is 33.5. The molecule has 2 aromatic carbocycles. The summed E-state index contributed by atoms with van der Waals surface area (Å²) in [6.45, 7) is -0.250. The topological polar surface area (TPSA) is 115 Å². The molecule has 0 bridgehead atoms. The minimum Gasteiger partial charge on any atom is -0.478 e. The molecule has 4 N–H and O–H groups in total. The highest BCUT2D eigenvalue weighted by atomic mass is 16.4. The first-order valence-corrected chi connectivity index (χ1v) is 6.39. The maximum atomic E-state index is 11.3. The first-order chi connectivity index (χ1) is 10.5. The van der Waals surface area contributed by atoms with Crippen molar-refractivity contribution in [2.75, 3.05) is 13.2 Å². The molecule has 0 radical (unpaired) electrons. The van der Waals surface area contributed by atoms with E-state index in [9.17, 15) is 14.7 Å². The Kier molecular flexibility index (Phi) is 6.75. The summed E-state index contributed by atoms with van der Waals surface area (Å²) in [7, 11) is 0. The van der Waals surface area contributed by atoms with Gasteiger partial charge in [-0.3, -0.25) is 0 Å². The van der Waals surface area contributed by atoms with Crippen molar-refractivity contribution in [3.8, 4) is 11.1 Å². The molecule has 2 aromatic rings. The predicted molar refractivity (Wildman–Crippen MR) is 80.0 cm³/mol. The van der Waals surface area contributed by atoms with E-state index < -0.39 is 11.9 Å². The molecule has 0 fully saturated rings. The van der Waals surface area contributed by atoms with E-state index in [2.05, 4.69) is 0 Å². The first kappa shape index (κ1) is 17.4. The zero-order valence-corrected chi connectivity index (χ0v) is 11.6. The van der Waals surface area contributed by atoms with Crippen LogP contribution >= 0.6 is 0 Å². The van der Waals surface area contributed by atoms with Crippen LogP contribution in [0, 0.1) is 0 Å². The minimum absolute atomic E-state index is 0.125. The highest BCUT2D eigenvalue weighted by molar-refractivity contribution is 6.06. The lowest BCUT2D eigenvalue weighted by atomic mass is 9.95. The summed E-state index contributed by atoms with van der Waals surface area (Å²) >= 11 is 0. The molecule has 0 aliphatic carbocycles. The largest absolute Gasteiger partial charge is 0.478 e. The summed E-state index contributed by atoms with van der Waals surface area (Å²) < 4.78 is 0. The fourth-order valence-electron chi connectivity index (χ4n) is 1.82. The third-order valence-electron chi connectivity index (χ3n) is 2.69. The predicted octanol–water partition coefficient (Wildman–Crippen LogP) is 1.72. The molecule has 0 heterocycles. The zero-order chi connectivity index (χ0) is 16.5. The van der Waals surface area contributed by atoms with E-state index in [0.29, 0.717) is 11.1 Å². The van der Waals surface area contributed by atoms with Crippen molar-refractivity contribution in [1.82, 2.24) is 0 Å². The van der Waals surface area contributed by atoms with E-state index in [1.165, 1.54) is 12.1 Å². The van der Waals surface area contributed by atoms with Crippen molar-refractivity contribution in [3.63, 3.8) is 0 Å². The maximum Gasteiger partial charge on any atom is 0.337 e. The molecule has 2 rings (SSSR count). The number of hydrogen-bond acceptors (Lipinski definition) is 4. The van der Waals surface area contributed by atoms with Crippen LogP contribution < -0.4 is 0 Å². The molecular weight excluding hydrogens is 288 g/mol. The quantitative estimate of drug-likeness (QED) is 0.683. The fraction of sp³-hybridized carbons (Fsp3) is 0.125. The van der Waals surface area contributed by atoms with Crippen LogP contribution in [0.4, 0.5) is 0 Å². The smallest absolute Gasteiger partial charge is 0.337 e. The monoisotopic (exact) mass is 304 g/mol. The number of aromatic carboxylic acids is 2. The Hall–Kier alpha value is -2.70. The van der Waals surface area contributed by atoms with Crippen LogP contribution in [-0.2, 0) is 0 Å². The second-order valence-corrected chi connectivity index (χ2v) is 4.15. The zero-order valence-electron chi connectivity index (χ0n) is 11.6. The van der Waals surface area contributed by atoms with E-state index in [0.717, 1.165) is 0 Å². The summed E-state index contributed by atoms with van der Waals surface area (Å²) in [6, 6.07) is 13.3. The molecule has 0 unspecified atom stereocenters. The number of aliphatic hydroxyl groups is 2. The van der Waals surface area contributed by atoms with E-state index >= 15 is 0 Å². The highest BCUT2D eigenvalue weighted by Gasteiger charge is 2.20. The number of benzene rings is 2. The van der Waals surface area contributed by atoms with Crippen LogP contribution in [0.2, 0.25) is 0 Å². The van der Waals surface area contributed by atoms with Gasteiger partial charge >= 0.3 is 11.9 Å². The Balaban J connectivity index is 0.000000541. The van der Waals surface area contributed by atoms with Crippen LogP contribution in [-0.4, -0.2) is 45.6 Å². The molecule has 0 amide bonds. The molecule has 0 aliphatic heterocycles. The average Bonchev–Trinajstić information content (AvgIpc) is 2.55. The maximum absolute atomic E-state index is 11.3. The van der Waals surface area contributed by atoms with Gasteiger partial charge in [-0.15, -0.1) is 0 Å². The van der Waals surface area contributed by atoms with Crippen molar-refractivity contribution >= 4 is 11.9 Å². The average molecular weight is 304 g/mol. The normalized spacial score (nSPS) is 9.55. The molecule has 0 spiro atoms. The van der Waals surface area contributed by atoms with Crippen molar-refractivity contribution in [2.45, 2.75) is 0 Å². The van der Waals surface area contributed by atoms with Crippen molar-refractivity contribution in [1.29, 1.82) is 0 Å². The van der Waals surface area contributed by atoms with Crippen LogP contribution in [0.25, 0.3) is 11.1 Å². The molecular formula is C16H16O6. The summed E-state index contributed by atoms with van der Waals surface area (Å²) in [4.78, 5) is 22.3. The third-order valence-corrected chi connectivity index (χ3v) is 2.69. The van der Waals surface area contributed by atoms with Gasteiger partial charge in [0.15, 0.2) is 0 Å². The summed E-state index contributed by atoms with van der Waals surface area (Å²) in [5.74, 6) is -2.49. The molecule has 116 valence electrons. The Morgan fingerprint density at radius 1 is 0.773 bits per heavy atom. The molecule has 0 aliphatic rings. The first-order valence-electron chi connectivity index (χ1n) is 6.39. The number of carboxylic acid groups (broad SMARTS) is 2.